The molecule has 1 saturated heterocycles. The fourth-order valence-electron chi connectivity index (χ4n) is 3.38. The summed E-state index contributed by atoms with van der Waals surface area (Å²) in [5, 5.41) is 0. The molecular weight excluding hydrogens is 498 g/mol. The third-order valence-corrected chi connectivity index (χ3v) is 6.80. The summed E-state index contributed by atoms with van der Waals surface area (Å²) in [6, 6.07) is 13.8. The van der Waals surface area contributed by atoms with Crippen LogP contribution in [0, 0.1) is 6.92 Å². The van der Waals surface area contributed by atoms with Gasteiger partial charge in [0.25, 0.3) is 11.8 Å². The van der Waals surface area contributed by atoms with E-state index in [1.54, 1.807) is 47.4 Å². The van der Waals surface area contributed by atoms with E-state index in [-0.39, 0.29) is 24.1 Å². The number of unbranched alkanes of at least 4 members (excludes halogenated alkanes) is 2. The van der Waals surface area contributed by atoms with E-state index in [1.165, 1.54) is 18.9 Å². The fourth-order valence-corrected chi connectivity index (χ4v) is 4.68. The number of esters is 1. The molecule has 0 saturated carbocycles. The van der Waals surface area contributed by atoms with Crippen molar-refractivity contribution < 1.29 is 23.9 Å². The van der Waals surface area contributed by atoms with Crippen molar-refractivity contribution in [3.05, 3.63) is 75.7 Å². The number of rotatable bonds is 9. The van der Waals surface area contributed by atoms with Gasteiger partial charge in [-0.15, -0.1) is 0 Å². The molecule has 3 amide bonds. The van der Waals surface area contributed by atoms with Crippen LogP contribution in [0.15, 0.2) is 53.4 Å². The summed E-state index contributed by atoms with van der Waals surface area (Å²) in [5.74, 6) is -1.22. The first-order chi connectivity index (χ1) is 17.3. The Morgan fingerprint density at radius 1 is 0.972 bits per heavy atom. The second-order valence-corrected chi connectivity index (χ2v) is 9.80. The van der Waals surface area contributed by atoms with Crippen molar-refractivity contribution in [3.63, 3.8) is 0 Å². The lowest BCUT2D eigenvalue weighted by atomic mass is 10.1. The lowest BCUT2D eigenvalue weighted by Crippen LogP contribution is -2.41. The molecule has 0 unspecified atom stereocenters. The van der Waals surface area contributed by atoms with E-state index in [4.69, 9.17) is 12.2 Å². The number of hydrogen-bond donors (Lipinski definition) is 2. The molecule has 0 atom stereocenters. The van der Waals surface area contributed by atoms with Gasteiger partial charge in [-0.05, 0) is 55.7 Å². The molecule has 3 rings (SSSR count). The number of hydrogen-bond acceptors (Lipinski definition) is 7. The van der Waals surface area contributed by atoms with Gasteiger partial charge in [0, 0.05) is 18.5 Å². The number of carbonyl (C=O) groups excluding carboxylic acids is 4. The molecule has 2 N–H and O–H groups in total. The summed E-state index contributed by atoms with van der Waals surface area (Å²) in [6.07, 6.45) is 4.04. The van der Waals surface area contributed by atoms with Gasteiger partial charge in [0.1, 0.15) is 4.32 Å². The molecule has 0 bridgehead atoms. The largest absolute Gasteiger partial charge is 0.465 e. The second kappa shape index (κ2) is 13.0. The van der Waals surface area contributed by atoms with E-state index >= 15 is 0 Å². The van der Waals surface area contributed by atoms with Crippen LogP contribution in [0.2, 0.25) is 0 Å². The van der Waals surface area contributed by atoms with E-state index in [0.717, 1.165) is 17.5 Å². The van der Waals surface area contributed by atoms with Crippen LogP contribution in [0.5, 0.6) is 0 Å². The third-order valence-electron chi connectivity index (χ3n) is 5.42. The second-order valence-electron chi connectivity index (χ2n) is 8.13. The van der Waals surface area contributed by atoms with Gasteiger partial charge in [-0.1, -0.05) is 60.2 Å². The Balaban J connectivity index is 1.38. The van der Waals surface area contributed by atoms with E-state index in [9.17, 15) is 19.2 Å². The van der Waals surface area contributed by atoms with Crippen LogP contribution in [-0.4, -0.2) is 46.6 Å². The Labute approximate surface area is 219 Å². The number of nitrogens with one attached hydrogen (secondary N) is 2. The number of carbonyl (C=O) groups is 4. The van der Waals surface area contributed by atoms with Gasteiger partial charge in [0.2, 0.25) is 5.91 Å². The van der Waals surface area contributed by atoms with E-state index in [0.29, 0.717) is 39.7 Å². The van der Waals surface area contributed by atoms with Crippen LogP contribution in [0.4, 0.5) is 0 Å². The molecule has 10 heteroatoms. The van der Waals surface area contributed by atoms with E-state index in [1.807, 2.05) is 19.1 Å². The molecule has 188 valence electrons. The van der Waals surface area contributed by atoms with Crippen LogP contribution >= 0.6 is 24.0 Å². The summed E-state index contributed by atoms with van der Waals surface area (Å²) < 4.78 is 5.18. The number of thioether (sulfide) groups is 1. The molecule has 1 aliphatic heterocycles. The standard InChI is InChI=1S/C26H27N3O5S2/c1-17-7-11-19(12-8-17)23(31)28-27-22(30)6-4-3-5-15-29-24(32)21(36-26(29)35)16-18-9-13-20(14-10-18)25(33)34-2/h7-14,16H,3-6,15H2,1-2H3,(H,27,30)(H,28,31). The SMILES string of the molecule is COC(=O)c1ccc(C=C2SC(=S)N(CCCCCC(=O)NNC(=O)c3ccc(C)cc3)C2=O)cc1. The first-order valence-corrected chi connectivity index (χ1v) is 12.6. The normalized spacial score (nSPS) is 14.2. The zero-order chi connectivity index (χ0) is 26.1. The highest BCUT2D eigenvalue weighted by atomic mass is 32.2. The Morgan fingerprint density at radius 2 is 1.64 bits per heavy atom. The van der Waals surface area contributed by atoms with Gasteiger partial charge < -0.3 is 4.74 Å². The van der Waals surface area contributed by atoms with Crippen molar-refractivity contribution in [1.29, 1.82) is 0 Å². The maximum absolute atomic E-state index is 12.8. The first kappa shape index (κ1) is 27.1. The number of methoxy groups -OCH3 is 1. The minimum Gasteiger partial charge on any atom is -0.465 e. The van der Waals surface area contributed by atoms with Crippen LogP contribution in [0.25, 0.3) is 6.08 Å². The average molecular weight is 526 g/mol. The van der Waals surface area contributed by atoms with E-state index < -0.39 is 5.97 Å². The lowest BCUT2D eigenvalue weighted by molar-refractivity contribution is -0.123. The molecule has 1 aliphatic rings. The average Bonchev–Trinajstić information content (AvgIpc) is 3.14. The zero-order valence-corrected chi connectivity index (χ0v) is 21.7. The molecule has 2 aromatic rings. The highest BCUT2D eigenvalue weighted by Crippen LogP contribution is 2.32. The summed E-state index contributed by atoms with van der Waals surface area (Å²) in [7, 11) is 1.32. The minimum absolute atomic E-state index is 0.154. The number of benzene rings is 2. The Kier molecular flexibility index (Phi) is 9.77. The quantitative estimate of drug-likeness (QED) is 0.168. The molecule has 1 heterocycles. The topological polar surface area (TPSA) is 105 Å². The number of aryl methyl sites for hydroxylation is 1. The Hall–Kier alpha value is -3.50. The summed E-state index contributed by atoms with van der Waals surface area (Å²) in [6.45, 7) is 2.40. The van der Waals surface area contributed by atoms with Crippen molar-refractivity contribution in [2.75, 3.05) is 13.7 Å². The molecule has 0 spiro atoms. The van der Waals surface area contributed by atoms with E-state index in [2.05, 4.69) is 15.6 Å². The van der Waals surface area contributed by atoms with Crippen molar-refractivity contribution in [2.45, 2.75) is 32.6 Å². The predicted molar refractivity (Wildman–Crippen MR) is 143 cm³/mol. The van der Waals surface area contributed by atoms with Crippen LogP contribution in [-0.2, 0) is 14.3 Å². The molecule has 1 fully saturated rings. The first-order valence-electron chi connectivity index (χ1n) is 11.4. The van der Waals surface area contributed by atoms with Gasteiger partial charge in [-0.2, -0.15) is 0 Å². The predicted octanol–water partition coefficient (Wildman–Crippen LogP) is 4.00. The van der Waals surface area contributed by atoms with Crippen molar-refractivity contribution >= 4 is 58.1 Å². The van der Waals surface area contributed by atoms with Gasteiger partial charge in [0.15, 0.2) is 0 Å². The molecule has 8 nitrogen and oxygen atoms in total. The number of amides is 3. The summed E-state index contributed by atoms with van der Waals surface area (Å²) in [4.78, 5) is 50.5. The molecule has 2 aromatic carbocycles. The van der Waals surface area contributed by atoms with Crippen molar-refractivity contribution in [2.24, 2.45) is 0 Å². The number of thiocarbonyl (C=S) groups is 1. The molecule has 0 aromatic heterocycles. The van der Waals surface area contributed by atoms with Gasteiger partial charge in [-0.3, -0.25) is 30.1 Å². The summed E-state index contributed by atoms with van der Waals surface area (Å²) in [5.41, 5.74) is 7.57. The van der Waals surface area contributed by atoms with Crippen LogP contribution in [0.1, 0.15) is 57.5 Å². The maximum Gasteiger partial charge on any atom is 0.337 e. The minimum atomic E-state index is -0.419. The maximum atomic E-state index is 12.8. The zero-order valence-electron chi connectivity index (χ0n) is 20.0. The lowest BCUT2D eigenvalue weighted by Gasteiger charge is -2.14. The van der Waals surface area contributed by atoms with Crippen molar-refractivity contribution in [3.8, 4) is 0 Å². The van der Waals surface area contributed by atoms with Crippen LogP contribution < -0.4 is 10.9 Å². The highest BCUT2D eigenvalue weighted by molar-refractivity contribution is 8.26. The fraction of sp³-hybridized carbons (Fsp3) is 0.269. The molecular formula is C26H27N3O5S2. The number of ether oxygens (including phenoxy) is 1. The summed E-state index contributed by atoms with van der Waals surface area (Å²) >= 11 is 6.61. The Bertz CT molecular complexity index is 1180. The van der Waals surface area contributed by atoms with Gasteiger partial charge in [-0.25, -0.2) is 4.79 Å². The third kappa shape index (κ3) is 7.50. The number of hydrazine groups is 1. The van der Waals surface area contributed by atoms with Crippen molar-refractivity contribution in [1.82, 2.24) is 15.8 Å². The smallest absolute Gasteiger partial charge is 0.337 e. The Morgan fingerprint density at radius 3 is 2.31 bits per heavy atom. The number of nitrogens with zero attached hydrogens (tertiary/aromatic N) is 1. The monoisotopic (exact) mass is 525 g/mol. The van der Waals surface area contributed by atoms with Gasteiger partial charge >= 0.3 is 5.97 Å². The van der Waals surface area contributed by atoms with Crippen LogP contribution in [0.3, 0.4) is 0 Å². The highest BCUT2D eigenvalue weighted by Gasteiger charge is 2.31. The molecule has 36 heavy (non-hydrogen) atoms. The molecule has 0 aliphatic carbocycles. The molecule has 0 radical (unpaired) electrons. The van der Waals surface area contributed by atoms with Gasteiger partial charge in [0.05, 0.1) is 17.6 Å².